The highest BCUT2D eigenvalue weighted by molar-refractivity contribution is 7.95. The molecule has 2 fully saturated rings. The van der Waals surface area contributed by atoms with Crippen LogP contribution >= 0.6 is 8.45 Å². The second-order valence-corrected chi connectivity index (χ2v) is 8.71. The third-order valence-corrected chi connectivity index (χ3v) is 7.65. The summed E-state index contributed by atoms with van der Waals surface area (Å²) in [5, 5.41) is 0. The van der Waals surface area contributed by atoms with Gasteiger partial charge in [0, 0.05) is 23.7 Å². The Labute approximate surface area is 109 Å². The second kappa shape index (κ2) is 4.89. The maximum atomic E-state index is 12.7. The molecular formula is C12H17N2O2PS. The van der Waals surface area contributed by atoms with Crippen molar-refractivity contribution in [2.45, 2.75) is 23.8 Å². The molecule has 0 aromatic heterocycles. The van der Waals surface area contributed by atoms with E-state index in [4.69, 9.17) is 4.52 Å². The highest BCUT2D eigenvalue weighted by Crippen LogP contribution is 2.54. The van der Waals surface area contributed by atoms with Gasteiger partial charge in [0.2, 0.25) is 8.45 Å². The molecule has 98 valence electrons. The van der Waals surface area contributed by atoms with Crippen molar-refractivity contribution < 1.29 is 8.73 Å². The summed E-state index contributed by atoms with van der Waals surface area (Å²) in [5.41, 5.74) is 0. The highest BCUT2D eigenvalue weighted by atomic mass is 32.2. The van der Waals surface area contributed by atoms with Crippen molar-refractivity contribution >= 4 is 18.2 Å². The number of rotatable bonds is 2. The molecule has 0 bridgehead atoms. The Balaban J connectivity index is 1.90. The van der Waals surface area contributed by atoms with Crippen molar-refractivity contribution in [2.75, 3.05) is 19.4 Å². The number of hydrogen-bond acceptors (Lipinski definition) is 4. The Kier molecular flexibility index (Phi) is 3.41. The topological polar surface area (TPSA) is 41.9 Å². The number of nitrogens with zero attached hydrogens (tertiary/aromatic N) is 2. The molecule has 6 heteroatoms. The summed E-state index contributed by atoms with van der Waals surface area (Å²) < 4.78 is 25.2. The van der Waals surface area contributed by atoms with E-state index in [0.29, 0.717) is 6.04 Å². The van der Waals surface area contributed by atoms with Gasteiger partial charge in [0.15, 0.2) is 0 Å². The largest absolute Gasteiger partial charge is 0.324 e. The maximum Gasteiger partial charge on any atom is 0.247 e. The van der Waals surface area contributed by atoms with E-state index in [1.165, 1.54) is 12.8 Å². The van der Waals surface area contributed by atoms with Crippen molar-refractivity contribution in [1.29, 1.82) is 0 Å². The van der Waals surface area contributed by atoms with Gasteiger partial charge < -0.3 is 4.52 Å². The maximum absolute atomic E-state index is 12.7. The minimum atomic E-state index is -2.35. The molecule has 18 heavy (non-hydrogen) atoms. The van der Waals surface area contributed by atoms with E-state index in [-0.39, 0.29) is 0 Å². The molecule has 0 N–H and O–H groups in total. The minimum Gasteiger partial charge on any atom is -0.324 e. The zero-order valence-electron chi connectivity index (χ0n) is 10.4. The highest BCUT2D eigenvalue weighted by Gasteiger charge is 2.39. The van der Waals surface area contributed by atoms with Crippen molar-refractivity contribution in [3.63, 3.8) is 0 Å². The van der Waals surface area contributed by atoms with Crippen LogP contribution in [0.2, 0.25) is 0 Å². The molecule has 2 unspecified atom stereocenters. The van der Waals surface area contributed by atoms with Crippen LogP contribution in [0.5, 0.6) is 0 Å². The molecule has 2 aliphatic heterocycles. The summed E-state index contributed by atoms with van der Waals surface area (Å²) in [7, 11) is -3.36. The summed E-state index contributed by atoms with van der Waals surface area (Å²) >= 11 is 0. The standard InChI is InChI=1S/C12H17N2O2PS/c1-18(15,12-7-3-2-4-8-12)13-17-14-9-5-6-11(14)10-16-17/h2-4,7-8,11H,5-6,9-10H2,1H3/t11-,17?,18?/m0/s1. The van der Waals surface area contributed by atoms with E-state index in [0.717, 1.165) is 18.0 Å². The van der Waals surface area contributed by atoms with Gasteiger partial charge in [-0.15, -0.1) is 0 Å². The quantitative estimate of drug-likeness (QED) is 0.784. The Morgan fingerprint density at radius 3 is 3.00 bits per heavy atom. The van der Waals surface area contributed by atoms with Gasteiger partial charge in [-0.2, -0.15) is 4.13 Å². The molecule has 1 aromatic carbocycles. The molecule has 2 saturated heterocycles. The number of fused-ring (bicyclic) bond motifs is 1. The van der Waals surface area contributed by atoms with Crippen molar-refractivity contribution in [3.8, 4) is 0 Å². The molecule has 0 spiro atoms. The van der Waals surface area contributed by atoms with Gasteiger partial charge in [0.05, 0.1) is 16.3 Å². The molecule has 0 amide bonds. The summed E-state index contributed by atoms with van der Waals surface area (Å²) in [5.74, 6) is 0. The fourth-order valence-corrected chi connectivity index (χ4v) is 6.26. The molecule has 0 radical (unpaired) electrons. The molecule has 3 rings (SSSR count). The Morgan fingerprint density at radius 2 is 2.22 bits per heavy atom. The first-order chi connectivity index (χ1) is 8.67. The average Bonchev–Trinajstić information content (AvgIpc) is 2.95. The van der Waals surface area contributed by atoms with Crippen LogP contribution in [0.4, 0.5) is 0 Å². The van der Waals surface area contributed by atoms with Crippen LogP contribution in [0.3, 0.4) is 0 Å². The molecule has 3 atom stereocenters. The molecular weight excluding hydrogens is 267 g/mol. The van der Waals surface area contributed by atoms with Crippen LogP contribution in [-0.4, -0.2) is 34.3 Å². The van der Waals surface area contributed by atoms with Gasteiger partial charge in [0.25, 0.3) is 0 Å². The lowest BCUT2D eigenvalue weighted by molar-refractivity contribution is 0.341. The molecule has 0 aliphatic carbocycles. The van der Waals surface area contributed by atoms with Crippen LogP contribution in [0, 0.1) is 0 Å². The summed E-state index contributed by atoms with van der Waals surface area (Å²) in [4.78, 5) is 0.791. The lowest BCUT2D eigenvalue weighted by Gasteiger charge is -2.17. The smallest absolute Gasteiger partial charge is 0.247 e. The van der Waals surface area contributed by atoms with E-state index in [1.807, 2.05) is 30.3 Å². The summed E-state index contributed by atoms with van der Waals surface area (Å²) in [6.45, 7) is 1.78. The van der Waals surface area contributed by atoms with Gasteiger partial charge >= 0.3 is 0 Å². The average molecular weight is 284 g/mol. The van der Waals surface area contributed by atoms with E-state index in [2.05, 4.69) is 8.80 Å². The Bertz CT molecular complexity index is 542. The zero-order chi connectivity index (χ0) is 12.6. The van der Waals surface area contributed by atoms with Gasteiger partial charge in [-0.25, -0.2) is 8.88 Å². The fourth-order valence-electron chi connectivity index (χ4n) is 2.37. The minimum absolute atomic E-state index is 0.505. The first-order valence-corrected chi connectivity index (χ1v) is 9.22. The van der Waals surface area contributed by atoms with Crippen LogP contribution in [0.15, 0.2) is 39.4 Å². The van der Waals surface area contributed by atoms with Crippen molar-refractivity contribution in [2.24, 2.45) is 4.13 Å². The van der Waals surface area contributed by atoms with Crippen LogP contribution in [0.25, 0.3) is 0 Å². The third kappa shape index (κ3) is 2.32. The molecule has 1 aromatic rings. The molecule has 4 nitrogen and oxygen atoms in total. The third-order valence-electron chi connectivity index (χ3n) is 3.35. The lowest BCUT2D eigenvalue weighted by Crippen LogP contribution is -2.19. The van der Waals surface area contributed by atoms with Crippen LogP contribution < -0.4 is 0 Å². The second-order valence-electron chi connectivity index (χ2n) is 4.70. The number of benzene rings is 1. The first kappa shape index (κ1) is 12.5. The van der Waals surface area contributed by atoms with E-state index in [1.54, 1.807) is 6.26 Å². The van der Waals surface area contributed by atoms with Crippen LogP contribution in [0.1, 0.15) is 12.8 Å². The predicted octanol–water partition coefficient (Wildman–Crippen LogP) is 2.86. The van der Waals surface area contributed by atoms with Crippen molar-refractivity contribution in [3.05, 3.63) is 30.3 Å². The van der Waals surface area contributed by atoms with E-state index in [9.17, 15) is 4.21 Å². The van der Waals surface area contributed by atoms with Crippen molar-refractivity contribution in [1.82, 2.24) is 4.67 Å². The normalized spacial score (nSPS) is 30.9. The fraction of sp³-hybridized carbons (Fsp3) is 0.500. The van der Waals surface area contributed by atoms with E-state index < -0.39 is 18.2 Å². The number of hydrogen-bond donors (Lipinski definition) is 0. The predicted molar refractivity (Wildman–Crippen MR) is 73.8 cm³/mol. The van der Waals surface area contributed by atoms with Gasteiger partial charge in [-0.1, -0.05) is 18.2 Å². The van der Waals surface area contributed by atoms with Crippen LogP contribution in [-0.2, 0) is 14.3 Å². The SMILES string of the molecule is CS(=O)(=NP1OC[C@@H]2CCCN21)c1ccccc1. The summed E-state index contributed by atoms with van der Waals surface area (Å²) in [6.07, 6.45) is 4.10. The Hall–Kier alpha value is -0.480. The molecule has 0 saturated carbocycles. The molecule has 2 heterocycles. The van der Waals surface area contributed by atoms with Gasteiger partial charge in [-0.3, -0.25) is 0 Å². The lowest BCUT2D eigenvalue weighted by atomic mass is 10.2. The first-order valence-electron chi connectivity index (χ1n) is 6.13. The monoisotopic (exact) mass is 284 g/mol. The van der Waals surface area contributed by atoms with Gasteiger partial charge in [-0.05, 0) is 25.0 Å². The Morgan fingerprint density at radius 1 is 1.44 bits per heavy atom. The summed E-state index contributed by atoms with van der Waals surface area (Å²) in [6, 6.07) is 9.97. The zero-order valence-corrected chi connectivity index (χ0v) is 12.1. The van der Waals surface area contributed by atoms with E-state index >= 15 is 0 Å². The van der Waals surface area contributed by atoms with Gasteiger partial charge in [0.1, 0.15) is 0 Å². The molecule has 2 aliphatic rings.